The van der Waals surface area contributed by atoms with Gasteiger partial charge in [-0.05, 0) is 124 Å². The zero-order valence-corrected chi connectivity index (χ0v) is 41.8. The number of rotatable bonds is 10. The van der Waals surface area contributed by atoms with Gasteiger partial charge in [-0.1, -0.05) is 172 Å². The third-order valence-corrected chi connectivity index (χ3v) is 15.5. The number of benzene rings is 10. The molecule has 0 saturated carbocycles. The van der Waals surface area contributed by atoms with Crippen molar-refractivity contribution in [3.63, 3.8) is 0 Å². The molecule has 68 heavy (non-hydrogen) atoms. The third kappa shape index (κ3) is 6.52. The van der Waals surface area contributed by atoms with Gasteiger partial charge in [-0.2, -0.15) is 0 Å². The van der Waals surface area contributed by atoms with Crippen LogP contribution in [0.25, 0.3) is 76.2 Å². The van der Waals surface area contributed by atoms with Crippen LogP contribution < -0.4 is 9.80 Å². The summed E-state index contributed by atoms with van der Waals surface area (Å²) in [6.45, 7) is 16.1. The van der Waals surface area contributed by atoms with Crippen LogP contribution in [-0.2, 0) is 4.43 Å². The van der Waals surface area contributed by atoms with Gasteiger partial charge < -0.3 is 18.6 Å². The van der Waals surface area contributed by atoms with Crippen molar-refractivity contribution in [2.24, 2.45) is 5.92 Å². The highest BCUT2D eigenvalue weighted by atomic mass is 127. The lowest BCUT2D eigenvalue weighted by Gasteiger charge is -2.32. The summed E-state index contributed by atoms with van der Waals surface area (Å²) in [4.78, 5) is 4.93. The molecule has 0 fully saturated rings. The second-order valence-corrected chi connectivity index (χ2v) is 20.2. The first kappa shape index (κ1) is 42.5. The number of fused-ring (bicyclic) bond motifs is 6. The van der Waals surface area contributed by atoms with E-state index in [9.17, 15) is 0 Å². The highest BCUT2D eigenvalue weighted by Gasteiger charge is 2.29. The molecule has 0 aliphatic rings. The van der Waals surface area contributed by atoms with E-state index in [2.05, 4.69) is 245 Å². The van der Waals surface area contributed by atoms with Gasteiger partial charge in [0.2, 0.25) is 0 Å². The number of halogens is 1. The van der Waals surface area contributed by atoms with Crippen molar-refractivity contribution in [3.8, 4) is 0 Å². The normalized spacial score (nSPS) is 12.7. The van der Waals surface area contributed by atoms with Crippen molar-refractivity contribution in [3.05, 3.63) is 192 Å². The Kier molecular flexibility index (Phi) is 10.3. The maximum atomic E-state index is 7.07. The maximum absolute atomic E-state index is 7.07. The summed E-state index contributed by atoms with van der Waals surface area (Å²) < 4.78 is 14.9. The highest BCUT2D eigenvalue weighted by Crippen LogP contribution is 2.53. The maximum Gasteiger partial charge on any atom is 0.159 e. The van der Waals surface area contributed by atoms with E-state index in [0.29, 0.717) is 5.92 Å². The minimum atomic E-state index is 0.246. The number of hydrogen-bond acceptors (Lipinski definition) is 4. The molecule has 1 unspecified atom stereocenters. The molecule has 12 aromatic rings. The minimum absolute atomic E-state index is 0.246. The molecule has 0 spiro atoms. The van der Waals surface area contributed by atoms with Crippen molar-refractivity contribution in [2.75, 3.05) is 9.80 Å². The summed E-state index contributed by atoms with van der Waals surface area (Å²) in [5, 5.41) is 12.1. The standard InChI is InChI=1S/C63H53IN2O2/c1-36(2)40(7)53-34-57(66(43-21-11-16-38(5)32-43)55-27-15-25-49-47-23-13-18-41(35-64)61(47)68-63(49)55)51-30-28-44-52(37(3)4)33-56(50-31-29-45(53)59(51)58(44)50)65(42-19-9-8-10-20-42)54-26-14-24-48-46-22-12-17-39(6)60(46)67-62(48)54/h8-34,36-37,40H,35H2,1-7H3. The highest BCUT2D eigenvalue weighted by molar-refractivity contribution is 14.1. The van der Waals surface area contributed by atoms with Crippen molar-refractivity contribution >= 4 is 133 Å². The van der Waals surface area contributed by atoms with Crippen LogP contribution in [-0.4, -0.2) is 0 Å². The summed E-state index contributed by atoms with van der Waals surface area (Å²) in [5.41, 5.74) is 16.3. The Morgan fingerprint density at radius 3 is 1.53 bits per heavy atom. The smallest absolute Gasteiger partial charge is 0.159 e. The van der Waals surface area contributed by atoms with Gasteiger partial charge in [0.25, 0.3) is 0 Å². The second-order valence-electron chi connectivity index (χ2n) is 19.5. The van der Waals surface area contributed by atoms with Crippen LogP contribution in [0.15, 0.2) is 173 Å². The topological polar surface area (TPSA) is 32.8 Å². The fourth-order valence-electron chi connectivity index (χ4n) is 11.0. The molecule has 5 heteroatoms. The molecule has 0 amide bonds. The van der Waals surface area contributed by atoms with Crippen LogP contribution in [0, 0.1) is 19.8 Å². The average Bonchev–Trinajstić information content (AvgIpc) is 3.94. The largest absolute Gasteiger partial charge is 0.454 e. The molecule has 10 aromatic carbocycles. The predicted molar refractivity (Wildman–Crippen MR) is 299 cm³/mol. The zero-order valence-electron chi connectivity index (χ0n) is 39.6. The Morgan fingerprint density at radius 2 is 0.926 bits per heavy atom. The third-order valence-electron chi connectivity index (χ3n) is 14.7. The van der Waals surface area contributed by atoms with E-state index in [1.807, 2.05) is 0 Å². The summed E-state index contributed by atoms with van der Waals surface area (Å²) in [5.74, 6) is 0.920. The van der Waals surface area contributed by atoms with E-state index < -0.39 is 0 Å². The number of para-hydroxylation sites is 5. The lowest BCUT2D eigenvalue weighted by Crippen LogP contribution is -2.14. The van der Waals surface area contributed by atoms with Crippen molar-refractivity contribution in [2.45, 2.75) is 64.7 Å². The first-order chi connectivity index (χ1) is 33.1. The zero-order chi connectivity index (χ0) is 46.5. The van der Waals surface area contributed by atoms with Gasteiger partial charge in [0.05, 0.1) is 22.7 Å². The van der Waals surface area contributed by atoms with Gasteiger partial charge in [-0.15, -0.1) is 0 Å². The van der Waals surface area contributed by atoms with Gasteiger partial charge in [0.1, 0.15) is 11.2 Å². The van der Waals surface area contributed by atoms with E-state index in [-0.39, 0.29) is 11.8 Å². The van der Waals surface area contributed by atoms with Gasteiger partial charge in [0, 0.05) is 53.7 Å². The van der Waals surface area contributed by atoms with Crippen LogP contribution in [0.1, 0.15) is 74.3 Å². The lowest BCUT2D eigenvalue weighted by atomic mass is 9.81. The molecule has 334 valence electrons. The Bertz CT molecular complexity index is 3920. The first-order valence-electron chi connectivity index (χ1n) is 24.0. The molecular formula is C63H53IN2O2. The Hall–Kier alpha value is -6.83. The Balaban J connectivity index is 1.22. The summed E-state index contributed by atoms with van der Waals surface area (Å²) in [7, 11) is 0. The van der Waals surface area contributed by atoms with Gasteiger partial charge in [-0.3, -0.25) is 0 Å². The number of aryl methyl sites for hydroxylation is 2. The number of alkyl halides is 1. The molecule has 0 bridgehead atoms. The Labute approximate surface area is 411 Å². The fraction of sp³-hybridized carbons (Fsp3) is 0.175. The minimum Gasteiger partial charge on any atom is -0.454 e. The first-order valence-corrected chi connectivity index (χ1v) is 25.5. The Morgan fingerprint density at radius 1 is 0.426 bits per heavy atom. The fourth-order valence-corrected chi connectivity index (χ4v) is 11.6. The molecule has 12 rings (SSSR count). The molecule has 2 heterocycles. The molecule has 2 aromatic heterocycles. The van der Waals surface area contributed by atoms with Crippen molar-refractivity contribution < 1.29 is 8.83 Å². The quantitative estimate of drug-likeness (QED) is 0.0776. The van der Waals surface area contributed by atoms with Gasteiger partial charge in [0.15, 0.2) is 11.2 Å². The molecule has 0 N–H and O–H groups in total. The second kappa shape index (κ2) is 16.4. The van der Waals surface area contributed by atoms with Crippen LogP contribution in [0.2, 0.25) is 0 Å². The number of furan rings is 2. The van der Waals surface area contributed by atoms with E-state index >= 15 is 0 Å². The summed E-state index contributed by atoms with van der Waals surface area (Å²) >= 11 is 2.46. The average molecular weight is 997 g/mol. The molecule has 0 radical (unpaired) electrons. The van der Waals surface area contributed by atoms with E-state index in [1.165, 1.54) is 54.6 Å². The summed E-state index contributed by atoms with van der Waals surface area (Å²) in [6.07, 6.45) is 0. The van der Waals surface area contributed by atoms with Gasteiger partial charge >= 0.3 is 0 Å². The monoisotopic (exact) mass is 996 g/mol. The molecular weight excluding hydrogens is 944 g/mol. The van der Waals surface area contributed by atoms with E-state index in [0.717, 1.165) is 88.0 Å². The number of nitrogens with zero attached hydrogens (tertiary/aromatic N) is 2. The van der Waals surface area contributed by atoms with Crippen LogP contribution in [0.4, 0.5) is 34.1 Å². The predicted octanol–water partition coefficient (Wildman–Crippen LogP) is 19.8. The van der Waals surface area contributed by atoms with E-state index in [1.54, 1.807) is 0 Å². The molecule has 0 saturated heterocycles. The van der Waals surface area contributed by atoms with Crippen LogP contribution in [0.3, 0.4) is 0 Å². The molecule has 0 aliphatic heterocycles. The van der Waals surface area contributed by atoms with Crippen LogP contribution in [0.5, 0.6) is 0 Å². The molecule has 0 aliphatic carbocycles. The number of anilines is 6. The number of hydrogen-bond donors (Lipinski definition) is 0. The van der Waals surface area contributed by atoms with E-state index in [4.69, 9.17) is 8.83 Å². The summed E-state index contributed by atoms with van der Waals surface area (Å²) in [6, 6.07) is 60.6. The molecule has 4 nitrogen and oxygen atoms in total. The molecule has 1 atom stereocenters. The van der Waals surface area contributed by atoms with Crippen molar-refractivity contribution in [1.82, 2.24) is 0 Å². The van der Waals surface area contributed by atoms with Crippen molar-refractivity contribution in [1.29, 1.82) is 0 Å². The van der Waals surface area contributed by atoms with Crippen LogP contribution >= 0.6 is 22.6 Å². The lowest BCUT2D eigenvalue weighted by molar-refractivity contribution is 0.538. The SMILES string of the molecule is Cc1cccc(N(c2cc(C(C)C(C)C)c3ccc4c(N(c5ccccc5)c5cccc6c5oc5c(C)cccc56)cc(C(C)C)c5ccc2c3c54)c2cccc3c2oc2c(CI)cccc23)c1. The van der Waals surface area contributed by atoms with Gasteiger partial charge in [-0.25, -0.2) is 0 Å².